The average molecular weight is 202 g/mol. The minimum absolute atomic E-state index is 0.443. The topological polar surface area (TPSA) is 54.4 Å². The van der Waals surface area contributed by atoms with Crippen LogP contribution in [0.5, 0.6) is 0 Å². The van der Waals surface area contributed by atoms with Gasteiger partial charge in [-0.2, -0.15) is 0 Å². The van der Waals surface area contributed by atoms with Gasteiger partial charge >= 0.3 is 0 Å². The molecular formula is C5H4BrN3O. The highest BCUT2D eigenvalue weighted by atomic mass is 79.9. The van der Waals surface area contributed by atoms with E-state index < -0.39 is 0 Å². The van der Waals surface area contributed by atoms with Crippen molar-refractivity contribution in [2.24, 2.45) is 5.29 Å². The van der Waals surface area contributed by atoms with Crippen molar-refractivity contribution in [2.75, 3.05) is 5.43 Å². The predicted octanol–water partition coefficient (Wildman–Crippen LogP) is 1.94. The number of hydrogen-bond donors (Lipinski definition) is 1. The number of rotatable bonds is 2. The minimum Gasteiger partial charge on any atom is -0.236 e. The molecule has 0 atom stereocenters. The van der Waals surface area contributed by atoms with Crippen LogP contribution in [0, 0.1) is 4.91 Å². The van der Waals surface area contributed by atoms with Gasteiger partial charge in [0.1, 0.15) is 5.82 Å². The van der Waals surface area contributed by atoms with E-state index in [1.165, 1.54) is 0 Å². The van der Waals surface area contributed by atoms with Crippen LogP contribution in [-0.4, -0.2) is 4.98 Å². The Morgan fingerprint density at radius 2 is 2.40 bits per heavy atom. The van der Waals surface area contributed by atoms with Crippen molar-refractivity contribution in [3.8, 4) is 0 Å². The quantitative estimate of drug-likeness (QED) is 0.588. The molecule has 0 aliphatic heterocycles. The summed E-state index contributed by atoms with van der Waals surface area (Å²) >= 11 is 3.20. The molecule has 0 bridgehead atoms. The van der Waals surface area contributed by atoms with E-state index in [2.05, 4.69) is 31.6 Å². The first kappa shape index (κ1) is 7.14. The second-order valence-corrected chi connectivity index (χ2v) is 2.48. The Morgan fingerprint density at radius 3 is 2.90 bits per heavy atom. The van der Waals surface area contributed by atoms with Crippen molar-refractivity contribution in [1.29, 1.82) is 0 Å². The van der Waals surface area contributed by atoms with Crippen LogP contribution < -0.4 is 5.43 Å². The summed E-state index contributed by atoms with van der Waals surface area (Å²) in [6.07, 6.45) is 1.58. The third-order valence-corrected chi connectivity index (χ3v) is 1.36. The van der Waals surface area contributed by atoms with E-state index in [0.29, 0.717) is 5.82 Å². The van der Waals surface area contributed by atoms with Crippen LogP contribution in [0.15, 0.2) is 28.1 Å². The Kier molecular flexibility index (Phi) is 2.33. The summed E-state index contributed by atoms with van der Waals surface area (Å²) in [5.41, 5.74) is 2.17. The summed E-state index contributed by atoms with van der Waals surface area (Å²) in [6.45, 7) is 0. The van der Waals surface area contributed by atoms with Gasteiger partial charge in [-0.1, -0.05) is 0 Å². The number of hydrogen-bond acceptors (Lipinski definition) is 3. The molecule has 10 heavy (non-hydrogen) atoms. The monoisotopic (exact) mass is 201 g/mol. The van der Waals surface area contributed by atoms with Gasteiger partial charge in [0.25, 0.3) is 0 Å². The Bertz CT molecular complexity index is 223. The van der Waals surface area contributed by atoms with E-state index in [4.69, 9.17) is 0 Å². The Morgan fingerprint density at radius 1 is 1.60 bits per heavy atom. The number of nitrogens with one attached hydrogen (secondary N) is 1. The molecule has 5 heteroatoms. The highest BCUT2D eigenvalue weighted by Crippen LogP contribution is 2.09. The highest BCUT2D eigenvalue weighted by molar-refractivity contribution is 9.10. The van der Waals surface area contributed by atoms with Crippen LogP contribution in [0.25, 0.3) is 0 Å². The molecular weight excluding hydrogens is 198 g/mol. The number of nitrogens with zero attached hydrogens (tertiary/aromatic N) is 2. The SMILES string of the molecule is O=NNc1ccc(Br)cn1. The molecule has 1 aromatic heterocycles. The van der Waals surface area contributed by atoms with Crippen LogP contribution in [0.4, 0.5) is 5.82 Å². The molecule has 0 unspecified atom stereocenters. The smallest absolute Gasteiger partial charge is 0.148 e. The van der Waals surface area contributed by atoms with E-state index in [1.807, 2.05) is 0 Å². The van der Waals surface area contributed by atoms with E-state index in [1.54, 1.807) is 18.3 Å². The summed E-state index contributed by atoms with van der Waals surface area (Å²) in [7, 11) is 0. The molecule has 52 valence electrons. The molecule has 0 radical (unpaired) electrons. The van der Waals surface area contributed by atoms with Gasteiger partial charge in [0.15, 0.2) is 0 Å². The standard InChI is InChI=1S/C5H4BrN3O/c6-4-1-2-5(7-3-4)8-9-10/h1-3H,(H,7,8,10). The number of anilines is 1. The first-order valence-corrected chi connectivity index (χ1v) is 3.32. The normalized spacial score (nSPS) is 8.90. The molecule has 1 aromatic rings. The lowest BCUT2D eigenvalue weighted by Gasteiger charge is -1.93. The molecule has 0 amide bonds. The van der Waals surface area contributed by atoms with Crippen LogP contribution in [0.3, 0.4) is 0 Å². The van der Waals surface area contributed by atoms with Gasteiger partial charge in [0, 0.05) is 10.7 Å². The van der Waals surface area contributed by atoms with E-state index >= 15 is 0 Å². The van der Waals surface area contributed by atoms with Crippen molar-refractivity contribution in [1.82, 2.24) is 4.98 Å². The largest absolute Gasteiger partial charge is 0.236 e. The van der Waals surface area contributed by atoms with E-state index in [-0.39, 0.29) is 0 Å². The minimum atomic E-state index is 0.443. The lowest BCUT2D eigenvalue weighted by atomic mass is 10.5. The molecule has 0 saturated carbocycles. The lowest BCUT2D eigenvalue weighted by molar-refractivity contribution is 1.21. The summed E-state index contributed by atoms with van der Waals surface area (Å²) in [4.78, 5) is 13.5. The van der Waals surface area contributed by atoms with Crippen molar-refractivity contribution in [2.45, 2.75) is 0 Å². The van der Waals surface area contributed by atoms with Crippen molar-refractivity contribution >= 4 is 21.7 Å². The van der Waals surface area contributed by atoms with Crippen molar-refractivity contribution in [3.63, 3.8) is 0 Å². The molecule has 1 heterocycles. The maximum absolute atomic E-state index is 9.65. The number of halogens is 1. The van der Waals surface area contributed by atoms with Gasteiger partial charge in [-0.15, -0.1) is 4.91 Å². The molecule has 0 aliphatic rings. The third-order valence-electron chi connectivity index (χ3n) is 0.888. The maximum atomic E-state index is 9.65. The third kappa shape index (κ3) is 1.77. The first-order chi connectivity index (χ1) is 4.83. The first-order valence-electron chi connectivity index (χ1n) is 2.53. The van der Waals surface area contributed by atoms with Crippen LogP contribution in [0.1, 0.15) is 0 Å². The molecule has 0 saturated heterocycles. The number of pyridine rings is 1. The van der Waals surface area contributed by atoms with Gasteiger partial charge in [-0.05, 0) is 28.1 Å². The van der Waals surface area contributed by atoms with Crippen molar-refractivity contribution < 1.29 is 0 Å². The zero-order valence-corrected chi connectivity index (χ0v) is 6.50. The number of nitroso groups, excluding NO2 is 1. The fourth-order valence-electron chi connectivity index (χ4n) is 0.489. The summed E-state index contributed by atoms with van der Waals surface area (Å²) < 4.78 is 0.865. The van der Waals surface area contributed by atoms with Gasteiger partial charge in [0.2, 0.25) is 0 Å². The summed E-state index contributed by atoms with van der Waals surface area (Å²) in [6, 6.07) is 3.41. The van der Waals surface area contributed by atoms with Crippen LogP contribution in [-0.2, 0) is 0 Å². The molecule has 0 aliphatic carbocycles. The summed E-state index contributed by atoms with van der Waals surface area (Å²) in [5.74, 6) is 0.443. The van der Waals surface area contributed by atoms with Gasteiger partial charge in [-0.3, -0.25) is 0 Å². The van der Waals surface area contributed by atoms with E-state index in [0.717, 1.165) is 4.47 Å². The van der Waals surface area contributed by atoms with Crippen LogP contribution >= 0.6 is 15.9 Å². The average Bonchev–Trinajstić information content (AvgIpc) is 1.95. The van der Waals surface area contributed by atoms with Gasteiger partial charge < -0.3 is 0 Å². The molecule has 4 nitrogen and oxygen atoms in total. The Labute approximate surface area is 65.7 Å². The molecule has 0 fully saturated rings. The molecule has 0 aromatic carbocycles. The zero-order valence-electron chi connectivity index (χ0n) is 4.91. The van der Waals surface area contributed by atoms with Crippen LogP contribution in [0.2, 0.25) is 0 Å². The highest BCUT2D eigenvalue weighted by Gasteiger charge is 1.89. The fraction of sp³-hybridized carbons (Fsp3) is 0. The zero-order chi connectivity index (χ0) is 7.40. The molecule has 1 rings (SSSR count). The Balaban J connectivity index is 2.78. The second-order valence-electron chi connectivity index (χ2n) is 1.56. The fourth-order valence-corrected chi connectivity index (χ4v) is 0.723. The second kappa shape index (κ2) is 3.26. The molecule has 1 N–H and O–H groups in total. The molecule has 0 spiro atoms. The van der Waals surface area contributed by atoms with Gasteiger partial charge in [-0.25, -0.2) is 10.4 Å². The number of aromatic nitrogens is 1. The predicted molar refractivity (Wildman–Crippen MR) is 41.4 cm³/mol. The maximum Gasteiger partial charge on any atom is 0.148 e. The summed E-state index contributed by atoms with van der Waals surface area (Å²) in [5, 5.41) is 2.46. The van der Waals surface area contributed by atoms with Gasteiger partial charge in [0.05, 0.1) is 5.29 Å². The Hall–Kier alpha value is -0.970. The van der Waals surface area contributed by atoms with E-state index in [9.17, 15) is 4.91 Å². The lowest BCUT2D eigenvalue weighted by Crippen LogP contribution is -1.88. The van der Waals surface area contributed by atoms with Crippen molar-refractivity contribution in [3.05, 3.63) is 27.7 Å².